The molecule has 0 aliphatic rings. The summed E-state index contributed by atoms with van der Waals surface area (Å²) in [4.78, 5) is 8.83. The monoisotopic (exact) mass is 433 g/mol. The molecular weight excluding hydrogens is 410 g/mol. The topological polar surface area (TPSA) is 85.2 Å². The first-order valence-corrected chi connectivity index (χ1v) is 10.7. The average Bonchev–Trinajstić information content (AvgIpc) is 3.45. The minimum atomic E-state index is 0.567. The summed E-state index contributed by atoms with van der Waals surface area (Å²) in [5.74, 6) is 1.61. The summed E-state index contributed by atoms with van der Waals surface area (Å²) in [6.07, 6.45) is 11.3. The number of hydrogen-bond donors (Lipinski definition) is 1. The molecule has 1 N–H and O–H groups in total. The van der Waals surface area contributed by atoms with E-state index in [-0.39, 0.29) is 0 Å². The summed E-state index contributed by atoms with van der Waals surface area (Å²) in [5, 5.41) is 15.5. The molecule has 1 aromatic carbocycles. The van der Waals surface area contributed by atoms with Gasteiger partial charge in [0.1, 0.15) is 5.82 Å². The largest absolute Gasteiger partial charge is 0.324 e. The number of unbranched alkanes of at least 4 members (excludes halogenated alkanes) is 1. The standard InChI is InChI=1S/C23H24ClN7/c1-2-3-8-22-26-15-20(31(22)16-18-6-4-5-7-21(18)24)14-19(23-27-29-30-28-23)13-17-9-11-25-12-10-17/h4-7,9-12,14-15H,2-3,8,13,16H2,1H3,(H,27,28,29,30)/b19-14-. The molecule has 3 heterocycles. The number of aromatic amines is 1. The summed E-state index contributed by atoms with van der Waals surface area (Å²) in [7, 11) is 0. The van der Waals surface area contributed by atoms with Gasteiger partial charge in [0.05, 0.1) is 18.4 Å². The van der Waals surface area contributed by atoms with Gasteiger partial charge in [-0.05, 0) is 47.0 Å². The van der Waals surface area contributed by atoms with E-state index in [1.807, 2.05) is 36.5 Å². The Hall–Kier alpha value is -3.32. The lowest BCUT2D eigenvalue weighted by molar-refractivity contribution is 0.675. The van der Waals surface area contributed by atoms with Gasteiger partial charge >= 0.3 is 0 Å². The molecule has 0 atom stereocenters. The fraction of sp³-hybridized carbons (Fsp3) is 0.261. The molecule has 8 heteroatoms. The van der Waals surface area contributed by atoms with E-state index in [1.165, 1.54) is 0 Å². The highest BCUT2D eigenvalue weighted by molar-refractivity contribution is 6.31. The third-order valence-electron chi connectivity index (χ3n) is 5.11. The van der Waals surface area contributed by atoms with Crippen molar-refractivity contribution in [3.05, 3.63) is 88.5 Å². The first-order valence-electron chi connectivity index (χ1n) is 10.4. The molecule has 0 aliphatic carbocycles. The molecule has 0 saturated carbocycles. The van der Waals surface area contributed by atoms with Gasteiger partial charge in [0.15, 0.2) is 0 Å². The lowest BCUT2D eigenvalue weighted by Gasteiger charge is -2.13. The van der Waals surface area contributed by atoms with Gasteiger partial charge in [-0.3, -0.25) is 4.98 Å². The van der Waals surface area contributed by atoms with Gasteiger partial charge in [0.25, 0.3) is 0 Å². The van der Waals surface area contributed by atoms with Gasteiger partial charge < -0.3 is 4.57 Å². The molecular formula is C23H24ClN7. The number of rotatable bonds is 9. The van der Waals surface area contributed by atoms with E-state index in [0.717, 1.165) is 52.5 Å². The van der Waals surface area contributed by atoms with Crippen molar-refractivity contribution in [3.63, 3.8) is 0 Å². The summed E-state index contributed by atoms with van der Waals surface area (Å²) in [5.41, 5.74) is 4.11. The van der Waals surface area contributed by atoms with Crippen molar-refractivity contribution in [3.8, 4) is 0 Å². The number of tetrazole rings is 1. The number of allylic oxidation sites excluding steroid dienone is 1. The van der Waals surface area contributed by atoms with E-state index in [2.05, 4.69) is 49.2 Å². The molecule has 0 radical (unpaired) electrons. The van der Waals surface area contributed by atoms with Crippen LogP contribution < -0.4 is 0 Å². The summed E-state index contributed by atoms with van der Waals surface area (Å²) in [6.45, 7) is 2.84. The molecule has 4 aromatic rings. The van der Waals surface area contributed by atoms with Crippen molar-refractivity contribution in [2.75, 3.05) is 0 Å². The second-order valence-corrected chi connectivity index (χ2v) is 7.72. The average molecular weight is 434 g/mol. The van der Waals surface area contributed by atoms with E-state index >= 15 is 0 Å². The number of halogens is 1. The predicted octanol–water partition coefficient (Wildman–Crippen LogP) is 4.62. The highest BCUT2D eigenvalue weighted by atomic mass is 35.5. The number of pyridine rings is 1. The lowest BCUT2D eigenvalue weighted by atomic mass is 10.0. The third-order valence-corrected chi connectivity index (χ3v) is 5.48. The molecule has 0 saturated heterocycles. The van der Waals surface area contributed by atoms with E-state index in [4.69, 9.17) is 16.6 Å². The third kappa shape index (κ3) is 5.24. The number of benzene rings is 1. The Morgan fingerprint density at radius 1 is 1.16 bits per heavy atom. The molecule has 0 fully saturated rings. The smallest absolute Gasteiger partial charge is 0.201 e. The summed E-state index contributed by atoms with van der Waals surface area (Å²) < 4.78 is 2.23. The van der Waals surface area contributed by atoms with Gasteiger partial charge in [-0.15, -0.1) is 10.2 Å². The Morgan fingerprint density at radius 3 is 2.74 bits per heavy atom. The molecule has 0 unspecified atom stereocenters. The summed E-state index contributed by atoms with van der Waals surface area (Å²) >= 11 is 6.46. The van der Waals surface area contributed by atoms with Gasteiger partial charge in [0.2, 0.25) is 5.82 Å². The molecule has 4 rings (SSSR count). The van der Waals surface area contributed by atoms with Crippen LogP contribution in [0.25, 0.3) is 11.6 Å². The van der Waals surface area contributed by atoms with E-state index in [1.54, 1.807) is 12.4 Å². The highest BCUT2D eigenvalue weighted by Crippen LogP contribution is 2.23. The second-order valence-electron chi connectivity index (χ2n) is 7.32. The number of imidazole rings is 1. The first kappa shape index (κ1) is 20.9. The Kier molecular flexibility index (Phi) is 6.84. The highest BCUT2D eigenvalue weighted by Gasteiger charge is 2.14. The quantitative estimate of drug-likeness (QED) is 0.416. The number of nitrogens with zero attached hydrogens (tertiary/aromatic N) is 6. The summed E-state index contributed by atoms with van der Waals surface area (Å²) in [6, 6.07) is 11.9. The van der Waals surface area contributed by atoms with Gasteiger partial charge in [-0.2, -0.15) is 5.21 Å². The maximum atomic E-state index is 6.46. The van der Waals surface area contributed by atoms with Crippen LogP contribution in [0.2, 0.25) is 5.02 Å². The van der Waals surface area contributed by atoms with Crippen LogP contribution in [0, 0.1) is 0 Å². The Morgan fingerprint density at radius 2 is 2.00 bits per heavy atom. The number of H-pyrrole nitrogens is 1. The number of aryl methyl sites for hydroxylation is 1. The second kappa shape index (κ2) is 10.1. The van der Waals surface area contributed by atoms with Crippen molar-refractivity contribution in [1.29, 1.82) is 0 Å². The van der Waals surface area contributed by atoms with Gasteiger partial charge in [0, 0.05) is 35.8 Å². The van der Waals surface area contributed by atoms with Crippen LogP contribution in [0.4, 0.5) is 0 Å². The molecule has 3 aromatic heterocycles. The number of aromatic nitrogens is 7. The van der Waals surface area contributed by atoms with Crippen molar-refractivity contribution in [2.24, 2.45) is 0 Å². The van der Waals surface area contributed by atoms with Crippen LogP contribution in [0.3, 0.4) is 0 Å². The van der Waals surface area contributed by atoms with Crippen molar-refractivity contribution in [2.45, 2.75) is 39.2 Å². The van der Waals surface area contributed by atoms with Crippen LogP contribution in [0.1, 0.15) is 48.2 Å². The molecule has 0 aliphatic heterocycles. The zero-order valence-corrected chi connectivity index (χ0v) is 18.1. The molecule has 31 heavy (non-hydrogen) atoms. The minimum Gasteiger partial charge on any atom is -0.324 e. The van der Waals surface area contributed by atoms with Crippen molar-refractivity contribution < 1.29 is 0 Å². The predicted molar refractivity (Wildman–Crippen MR) is 121 cm³/mol. The van der Waals surface area contributed by atoms with E-state index in [0.29, 0.717) is 18.8 Å². The molecule has 0 amide bonds. The first-order chi connectivity index (χ1) is 15.2. The van der Waals surface area contributed by atoms with Gasteiger partial charge in [-0.1, -0.05) is 43.1 Å². The van der Waals surface area contributed by atoms with Crippen LogP contribution in [-0.2, 0) is 19.4 Å². The van der Waals surface area contributed by atoms with Crippen LogP contribution >= 0.6 is 11.6 Å². The van der Waals surface area contributed by atoms with Crippen molar-refractivity contribution in [1.82, 2.24) is 35.2 Å². The molecule has 0 spiro atoms. The van der Waals surface area contributed by atoms with E-state index in [9.17, 15) is 0 Å². The number of hydrogen-bond acceptors (Lipinski definition) is 5. The maximum absolute atomic E-state index is 6.46. The minimum absolute atomic E-state index is 0.567. The molecule has 158 valence electrons. The van der Waals surface area contributed by atoms with Crippen LogP contribution in [0.15, 0.2) is 55.0 Å². The fourth-order valence-corrected chi connectivity index (χ4v) is 3.65. The zero-order valence-electron chi connectivity index (χ0n) is 17.4. The Bertz CT molecular complexity index is 1130. The molecule has 7 nitrogen and oxygen atoms in total. The fourth-order valence-electron chi connectivity index (χ4n) is 3.45. The van der Waals surface area contributed by atoms with Gasteiger partial charge in [-0.25, -0.2) is 4.98 Å². The normalized spacial score (nSPS) is 11.7. The number of nitrogens with one attached hydrogen (secondary N) is 1. The Labute approximate surface area is 186 Å². The Balaban J connectivity index is 1.74. The maximum Gasteiger partial charge on any atom is 0.201 e. The van der Waals surface area contributed by atoms with Crippen LogP contribution in [-0.4, -0.2) is 35.2 Å². The van der Waals surface area contributed by atoms with E-state index < -0.39 is 0 Å². The van der Waals surface area contributed by atoms with Crippen LogP contribution in [0.5, 0.6) is 0 Å². The lowest BCUT2D eigenvalue weighted by Crippen LogP contribution is -2.08. The molecule has 0 bridgehead atoms. The zero-order chi connectivity index (χ0) is 21.5. The van der Waals surface area contributed by atoms with Crippen molar-refractivity contribution >= 4 is 23.3 Å². The SMILES string of the molecule is CCCCc1ncc(/C=C(/Cc2ccncc2)c2nn[nH]n2)n1Cc1ccccc1Cl.